The second-order valence-electron chi connectivity index (χ2n) is 3.85. The first-order chi connectivity index (χ1) is 6.75. The maximum Gasteiger partial charge on any atom is 0.134 e. The van der Waals surface area contributed by atoms with Gasteiger partial charge in [0.05, 0.1) is 4.21 Å². The Balaban J connectivity index is 1.99. The third-order valence-electron chi connectivity index (χ3n) is 2.70. The first kappa shape index (κ1) is 10.2. The molecule has 2 atom stereocenters. The first-order valence-electron chi connectivity index (χ1n) is 4.97. The molecule has 0 radical (unpaired) electrons. The van der Waals surface area contributed by atoms with Crippen molar-refractivity contribution in [3.8, 4) is 0 Å². The molecule has 0 saturated heterocycles. The molecule has 76 valence electrons. The fourth-order valence-electron chi connectivity index (χ4n) is 1.74. The number of Topliss-reactive ketones (excluding diaryl/α,β-unsaturated/α-hetero) is 1. The van der Waals surface area contributed by atoms with Crippen molar-refractivity contribution in [2.45, 2.75) is 35.6 Å². The van der Waals surface area contributed by atoms with Crippen molar-refractivity contribution < 1.29 is 4.79 Å². The Labute approximate surface area is 92.9 Å². The lowest BCUT2D eigenvalue weighted by Gasteiger charge is -2.26. The first-order valence-corrected chi connectivity index (χ1v) is 6.73. The summed E-state index contributed by atoms with van der Waals surface area (Å²) in [5.41, 5.74) is 0. The SMILES string of the molecule is CC1CCC(=O)CC1Sc1cccs1. The van der Waals surface area contributed by atoms with Crippen LogP contribution >= 0.6 is 23.1 Å². The van der Waals surface area contributed by atoms with Crippen molar-refractivity contribution in [2.24, 2.45) is 5.92 Å². The predicted molar refractivity (Wildman–Crippen MR) is 62.0 cm³/mol. The van der Waals surface area contributed by atoms with Crippen LogP contribution in [-0.2, 0) is 4.79 Å². The van der Waals surface area contributed by atoms with E-state index in [1.165, 1.54) is 4.21 Å². The van der Waals surface area contributed by atoms with Gasteiger partial charge in [0.25, 0.3) is 0 Å². The zero-order valence-corrected chi connectivity index (χ0v) is 9.87. The highest BCUT2D eigenvalue weighted by molar-refractivity contribution is 8.01. The number of hydrogen-bond acceptors (Lipinski definition) is 3. The molecule has 0 aromatic carbocycles. The van der Waals surface area contributed by atoms with E-state index < -0.39 is 0 Å². The summed E-state index contributed by atoms with van der Waals surface area (Å²) in [6.07, 6.45) is 2.63. The van der Waals surface area contributed by atoms with Gasteiger partial charge in [-0.1, -0.05) is 13.0 Å². The van der Waals surface area contributed by atoms with Gasteiger partial charge in [0.2, 0.25) is 0 Å². The van der Waals surface area contributed by atoms with Gasteiger partial charge >= 0.3 is 0 Å². The van der Waals surface area contributed by atoms with E-state index >= 15 is 0 Å². The smallest absolute Gasteiger partial charge is 0.134 e. The second-order valence-corrected chi connectivity index (χ2v) is 6.33. The number of thioether (sulfide) groups is 1. The number of carbonyl (C=O) groups excluding carboxylic acids is 1. The summed E-state index contributed by atoms with van der Waals surface area (Å²) >= 11 is 3.65. The van der Waals surface area contributed by atoms with E-state index in [1.54, 1.807) is 11.3 Å². The quantitative estimate of drug-likeness (QED) is 0.766. The number of carbonyl (C=O) groups is 1. The van der Waals surface area contributed by atoms with E-state index in [1.807, 2.05) is 11.8 Å². The van der Waals surface area contributed by atoms with Gasteiger partial charge in [0, 0.05) is 18.1 Å². The summed E-state index contributed by atoms with van der Waals surface area (Å²) in [5, 5.41) is 2.60. The monoisotopic (exact) mass is 226 g/mol. The molecular weight excluding hydrogens is 212 g/mol. The average Bonchev–Trinajstić information content (AvgIpc) is 2.64. The van der Waals surface area contributed by atoms with Crippen molar-refractivity contribution in [2.75, 3.05) is 0 Å². The van der Waals surface area contributed by atoms with Crippen LogP contribution in [0.2, 0.25) is 0 Å². The fraction of sp³-hybridized carbons (Fsp3) is 0.545. The molecule has 0 bridgehead atoms. The Hall–Kier alpha value is -0.280. The summed E-state index contributed by atoms with van der Waals surface area (Å²) < 4.78 is 1.34. The van der Waals surface area contributed by atoms with Gasteiger partial charge in [-0.3, -0.25) is 4.79 Å². The number of ketones is 1. The molecule has 2 unspecified atom stereocenters. The van der Waals surface area contributed by atoms with Gasteiger partial charge in [-0.15, -0.1) is 23.1 Å². The second kappa shape index (κ2) is 4.49. The van der Waals surface area contributed by atoms with Crippen LogP contribution in [0.5, 0.6) is 0 Å². The molecule has 1 saturated carbocycles. The Morgan fingerprint density at radius 3 is 3.14 bits per heavy atom. The van der Waals surface area contributed by atoms with Crippen molar-refractivity contribution >= 4 is 28.9 Å². The zero-order chi connectivity index (χ0) is 9.97. The molecule has 1 aliphatic rings. The Morgan fingerprint density at radius 2 is 2.43 bits per heavy atom. The zero-order valence-electron chi connectivity index (χ0n) is 8.23. The van der Waals surface area contributed by atoms with Crippen LogP contribution in [-0.4, -0.2) is 11.0 Å². The summed E-state index contributed by atoms with van der Waals surface area (Å²) in [6, 6.07) is 4.21. The molecule has 14 heavy (non-hydrogen) atoms. The van der Waals surface area contributed by atoms with Gasteiger partial charge < -0.3 is 0 Å². The lowest BCUT2D eigenvalue weighted by Crippen LogP contribution is -2.24. The number of rotatable bonds is 2. The normalized spacial score (nSPS) is 27.9. The minimum atomic E-state index is 0.442. The van der Waals surface area contributed by atoms with E-state index in [4.69, 9.17) is 0 Å². The summed E-state index contributed by atoms with van der Waals surface area (Å²) in [5.74, 6) is 1.12. The lowest BCUT2D eigenvalue weighted by molar-refractivity contribution is -0.120. The molecule has 1 aliphatic carbocycles. The van der Waals surface area contributed by atoms with Crippen molar-refractivity contribution in [3.63, 3.8) is 0 Å². The van der Waals surface area contributed by atoms with Gasteiger partial charge in [-0.05, 0) is 23.8 Å². The maximum atomic E-state index is 11.3. The van der Waals surface area contributed by atoms with E-state index in [2.05, 4.69) is 24.4 Å². The van der Waals surface area contributed by atoms with E-state index in [-0.39, 0.29) is 0 Å². The molecule has 1 aromatic heterocycles. The van der Waals surface area contributed by atoms with E-state index in [9.17, 15) is 4.79 Å². The minimum absolute atomic E-state index is 0.442. The molecule has 0 N–H and O–H groups in total. The number of hydrogen-bond donors (Lipinski definition) is 0. The molecule has 2 rings (SSSR count). The van der Waals surface area contributed by atoms with Crippen LogP contribution in [0, 0.1) is 5.92 Å². The average molecular weight is 226 g/mol. The molecule has 1 fully saturated rings. The van der Waals surface area contributed by atoms with Crippen LogP contribution in [0.4, 0.5) is 0 Å². The van der Waals surface area contributed by atoms with Crippen LogP contribution < -0.4 is 0 Å². The Morgan fingerprint density at radius 1 is 1.57 bits per heavy atom. The molecule has 1 aromatic rings. The topological polar surface area (TPSA) is 17.1 Å². The van der Waals surface area contributed by atoms with Gasteiger partial charge in [-0.2, -0.15) is 0 Å². The largest absolute Gasteiger partial charge is 0.300 e. The van der Waals surface area contributed by atoms with Gasteiger partial charge in [0.15, 0.2) is 0 Å². The molecule has 0 spiro atoms. The third kappa shape index (κ3) is 2.39. The number of thiophene rings is 1. The van der Waals surface area contributed by atoms with Crippen molar-refractivity contribution in [3.05, 3.63) is 17.5 Å². The Kier molecular flexibility index (Phi) is 3.29. The third-order valence-corrected chi connectivity index (χ3v) is 5.25. The molecule has 3 heteroatoms. The summed E-state index contributed by atoms with van der Waals surface area (Å²) in [7, 11) is 0. The van der Waals surface area contributed by atoms with Crippen LogP contribution in [0.15, 0.2) is 21.7 Å². The minimum Gasteiger partial charge on any atom is -0.300 e. The Bertz CT molecular complexity index is 305. The summed E-state index contributed by atoms with van der Waals surface area (Å²) in [6.45, 7) is 2.26. The highest BCUT2D eigenvalue weighted by Crippen LogP contribution is 2.37. The molecule has 1 heterocycles. The lowest BCUT2D eigenvalue weighted by atomic mass is 9.89. The molecular formula is C11H14OS2. The standard InChI is InChI=1S/C11H14OS2/c1-8-4-5-9(12)7-10(8)14-11-3-2-6-13-11/h2-3,6,8,10H,4-5,7H2,1H3. The van der Waals surface area contributed by atoms with Crippen LogP contribution in [0.25, 0.3) is 0 Å². The maximum absolute atomic E-state index is 11.3. The van der Waals surface area contributed by atoms with Gasteiger partial charge in [0.1, 0.15) is 5.78 Å². The fourth-order valence-corrected chi connectivity index (χ4v) is 4.04. The molecule has 1 nitrogen and oxygen atoms in total. The highest BCUT2D eigenvalue weighted by atomic mass is 32.2. The van der Waals surface area contributed by atoms with Gasteiger partial charge in [-0.25, -0.2) is 0 Å². The van der Waals surface area contributed by atoms with Crippen LogP contribution in [0.3, 0.4) is 0 Å². The highest BCUT2D eigenvalue weighted by Gasteiger charge is 2.26. The van der Waals surface area contributed by atoms with Crippen molar-refractivity contribution in [1.29, 1.82) is 0 Å². The van der Waals surface area contributed by atoms with Crippen LogP contribution in [0.1, 0.15) is 26.2 Å². The predicted octanol–water partition coefficient (Wildman–Crippen LogP) is 3.60. The molecule has 0 aliphatic heterocycles. The molecule has 0 amide bonds. The van der Waals surface area contributed by atoms with E-state index in [0.717, 1.165) is 19.3 Å². The van der Waals surface area contributed by atoms with Crippen molar-refractivity contribution in [1.82, 2.24) is 0 Å². The summed E-state index contributed by atoms with van der Waals surface area (Å²) in [4.78, 5) is 11.3. The van der Waals surface area contributed by atoms with E-state index in [0.29, 0.717) is 17.0 Å².